The summed E-state index contributed by atoms with van der Waals surface area (Å²) in [6.07, 6.45) is 1.40. The van der Waals surface area contributed by atoms with E-state index in [0.717, 1.165) is 0 Å². The van der Waals surface area contributed by atoms with Crippen LogP contribution in [0.4, 0.5) is 0 Å². The van der Waals surface area contributed by atoms with Crippen molar-refractivity contribution < 1.29 is 14.3 Å². The molecule has 0 radical (unpaired) electrons. The maximum atomic E-state index is 12.1. The maximum Gasteiger partial charge on any atom is 0.183 e. The topological polar surface area (TPSA) is 77.1 Å². The van der Waals surface area contributed by atoms with Crippen molar-refractivity contribution in [2.45, 2.75) is 5.16 Å². The summed E-state index contributed by atoms with van der Waals surface area (Å²) in [5.41, 5.74) is 0.523. The van der Waals surface area contributed by atoms with Gasteiger partial charge in [0.1, 0.15) is 17.8 Å². The van der Waals surface area contributed by atoms with Gasteiger partial charge in [-0.15, -0.1) is 0 Å². The van der Waals surface area contributed by atoms with Gasteiger partial charge in [-0.05, 0) is 12.1 Å². The molecule has 0 fully saturated rings. The van der Waals surface area contributed by atoms with Gasteiger partial charge in [-0.1, -0.05) is 11.8 Å². The summed E-state index contributed by atoms with van der Waals surface area (Å²) < 4.78 is 10.3. The number of hydrogen-bond donors (Lipinski definition) is 1. The lowest BCUT2D eigenvalue weighted by Crippen LogP contribution is -2.05. The molecule has 0 aliphatic rings. The molecule has 2 aromatic rings. The number of ether oxygens (including phenoxy) is 2. The Balaban J connectivity index is 2.09. The van der Waals surface area contributed by atoms with Crippen LogP contribution in [0.5, 0.6) is 11.5 Å². The highest BCUT2D eigenvalue weighted by molar-refractivity contribution is 7.99. The zero-order valence-electron chi connectivity index (χ0n) is 10.5. The summed E-state index contributed by atoms with van der Waals surface area (Å²) in [6, 6.07) is 5.11. The first-order chi connectivity index (χ1) is 9.24. The average molecular weight is 279 g/mol. The fraction of sp³-hybridized carbons (Fsp3) is 0.250. The van der Waals surface area contributed by atoms with Crippen LogP contribution in [0.2, 0.25) is 0 Å². The smallest absolute Gasteiger partial charge is 0.183 e. The van der Waals surface area contributed by atoms with Gasteiger partial charge in [0.25, 0.3) is 0 Å². The number of carbonyl (C=O) groups excluding carboxylic acids is 1. The SMILES string of the molecule is COc1ccc(C(=O)CSc2ncn[nH]2)c(OC)c1. The Hall–Kier alpha value is -2.02. The number of methoxy groups -OCH3 is 2. The third-order valence-corrected chi connectivity index (χ3v) is 3.32. The molecule has 0 amide bonds. The van der Waals surface area contributed by atoms with Crippen molar-refractivity contribution in [2.24, 2.45) is 0 Å². The zero-order chi connectivity index (χ0) is 13.7. The molecule has 0 saturated heterocycles. The van der Waals surface area contributed by atoms with Gasteiger partial charge in [0.05, 0.1) is 25.5 Å². The molecule has 0 aliphatic carbocycles. The van der Waals surface area contributed by atoms with Crippen molar-refractivity contribution >= 4 is 17.5 Å². The second kappa shape index (κ2) is 6.24. The molecule has 0 spiro atoms. The number of aromatic amines is 1. The second-order valence-corrected chi connectivity index (χ2v) is 4.53. The Labute approximate surface area is 114 Å². The van der Waals surface area contributed by atoms with Crippen LogP contribution < -0.4 is 9.47 Å². The average Bonchev–Trinajstić information content (AvgIpc) is 2.97. The summed E-state index contributed by atoms with van der Waals surface area (Å²) in [6.45, 7) is 0. The third-order valence-electron chi connectivity index (χ3n) is 2.44. The molecule has 0 atom stereocenters. The molecule has 1 aromatic carbocycles. The van der Waals surface area contributed by atoms with Crippen molar-refractivity contribution in [3.63, 3.8) is 0 Å². The van der Waals surface area contributed by atoms with Crippen LogP contribution in [-0.4, -0.2) is 40.9 Å². The van der Waals surface area contributed by atoms with Crippen LogP contribution in [0, 0.1) is 0 Å². The van der Waals surface area contributed by atoms with E-state index in [4.69, 9.17) is 9.47 Å². The van der Waals surface area contributed by atoms with Gasteiger partial charge >= 0.3 is 0 Å². The van der Waals surface area contributed by atoms with E-state index < -0.39 is 0 Å². The predicted molar refractivity (Wildman–Crippen MR) is 71.0 cm³/mol. The van der Waals surface area contributed by atoms with Gasteiger partial charge in [0.15, 0.2) is 10.9 Å². The van der Waals surface area contributed by atoms with Crippen molar-refractivity contribution in [3.8, 4) is 11.5 Å². The Morgan fingerprint density at radius 3 is 2.84 bits per heavy atom. The Morgan fingerprint density at radius 1 is 1.37 bits per heavy atom. The summed E-state index contributed by atoms with van der Waals surface area (Å²) >= 11 is 1.29. The van der Waals surface area contributed by atoms with E-state index in [-0.39, 0.29) is 11.5 Å². The largest absolute Gasteiger partial charge is 0.497 e. The summed E-state index contributed by atoms with van der Waals surface area (Å²) in [4.78, 5) is 16.1. The molecule has 1 aromatic heterocycles. The molecule has 19 heavy (non-hydrogen) atoms. The first-order valence-electron chi connectivity index (χ1n) is 5.48. The molecule has 100 valence electrons. The lowest BCUT2D eigenvalue weighted by atomic mass is 10.1. The highest BCUT2D eigenvalue weighted by Gasteiger charge is 2.14. The molecule has 1 N–H and O–H groups in total. The van der Waals surface area contributed by atoms with Gasteiger partial charge in [0.2, 0.25) is 0 Å². The Kier molecular flexibility index (Phi) is 4.40. The van der Waals surface area contributed by atoms with Crippen LogP contribution in [0.25, 0.3) is 0 Å². The fourth-order valence-electron chi connectivity index (χ4n) is 1.50. The van der Waals surface area contributed by atoms with Crippen molar-refractivity contribution in [1.29, 1.82) is 0 Å². The molecule has 0 aliphatic heterocycles. The van der Waals surface area contributed by atoms with Crippen molar-refractivity contribution in [1.82, 2.24) is 15.2 Å². The minimum atomic E-state index is -0.0408. The van der Waals surface area contributed by atoms with E-state index >= 15 is 0 Å². The number of hydrogen-bond acceptors (Lipinski definition) is 6. The number of aromatic nitrogens is 3. The third kappa shape index (κ3) is 3.25. The molecular weight excluding hydrogens is 266 g/mol. The van der Waals surface area contributed by atoms with E-state index in [2.05, 4.69) is 15.2 Å². The monoisotopic (exact) mass is 279 g/mol. The molecule has 6 nitrogen and oxygen atoms in total. The highest BCUT2D eigenvalue weighted by Crippen LogP contribution is 2.26. The number of nitrogens with zero attached hydrogens (tertiary/aromatic N) is 2. The molecule has 0 unspecified atom stereocenters. The number of ketones is 1. The standard InChI is InChI=1S/C12H13N3O3S/c1-17-8-3-4-9(11(5-8)18-2)10(16)6-19-12-13-7-14-15-12/h3-5,7H,6H2,1-2H3,(H,13,14,15). The van der Waals surface area contributed by atoms with E-state index in [0.29, 0.717) is 22.2 Å². The Morgan fingerprint density at radius 2 is 2.21 bits per heavy atom. The number of H-pyrrole nitrogens is 1. The lowest BCUT2D eigenvalue weighted by Gasteiger charge is -2.09. The molecule has 1 heterocycles. The minimum Gasteiger partial charge on any atom is -0.497 e. The quantitative estimate of drug-likeness (QED) is 0.641. The summed E-state index contributed by atoms with van der Waals surface area (Å²) in [7, 11) is 3.09. The van der Waals surface area contributed by atoms with Crippen molar-refractivity contribution in [3.05, 3.63) is 30.1 Å². The first-order valence-corrected chi connectivity index (χ1v) is 6.46. The van der Waals surface area contributed by atoms with E-state index in [1.54, 1.807) is 25.3 Å². The number of Topliss-reactive ketones (excluding diaryl/α,β-unsaturated/α-hetero) is 1. The Bertz CT molecular complexity index is 557. The van der Waals surface area contributed by atoms with E-state index in [1.165, 1.54) is 25.2 Å². The van der Waals surface area contributed by atoms with Gasteiger partial charge in [-0.3, -0.25) is 9.89 Å². The number of nitrogens with one attached hydrogen (secondary N) is 1. The first kappa shape index (κ1) is 13.4. The maximum absolute atomic E-state index is 12.1. The predicted octanol–water partition coefficient (Wildman–Crippen LogP) is 1.80. The summed E-state index contributed by atoms with van der Waals surface area (Å²) in [5.74, 6) is 1.37. The van der Waals surface area contributed by atoms with Gasteiger partial charge in [-0.2, -0.15) is 5.10 Å². The van der Waals surface area contributed by atoms with Gasteiger partial charge < -0.3 is 9.47 Å². The van der Waals surface area contributed by atoms with Crippen LogP contribution >= 0.6 is 11.8 Å². The minimum absolute atomic E-state index is 0.0408. The lowest BCUT2D eigenvalue weighted by molar-refractivity contribution is 0.101. The van der Waals surface area contributed by atoms with Crippen LogP contribution in [0.1, 0.15) is 10.4 Å². The molecule has 7 heteroatoms. The van der Waals surface area contributed by atoms with E-state index in [1.807, 2.05) is 0 Å². The molecular formula is C12H13N3O3S. The number of carbonyl (C=O) groups is 1. The number of thioether (sulfide) groups is 1. The molecule has 0 bridgehead atoms. The number of benzene rings is 1. The fourth-order valence-corrected chi connectivity index (χ4v) is 2.17. The van der Waals surface area contributed by atoms with Gasteiger partial charge in [0, 0.05) is 6.07 Å². The second-order valence-electron chi connectivity index (χ2n) is 3.57. The zero-order valence-corrected chi connectivity index (χ0v) is 11.4. The van der Waals surface area contributed by atoms with E-state index in [9.17, 15) is 4.79 Å². The normalized spacial score (nSPS) is 10.2. The summed E-state index contributed by atoms with van der Waals surface area (Å²) in [5, 5.41) is 7.02. The number of rotatable bonds is 6. The van der Waals surface area contributed by atoms with Crippen LogP contribution in [0.15, 0.2) is 29.7 Å². The van der Waals surface area contributed by atoms with Crippen LogP contribution in [0.3, 0.4) is 0 Å². The molecule has 0 saturated carbocycles. The van der Waals surface area contributed by atoms with Gasteiger partial charge in [-0.25, -0.2) is 4.98 Å². The van der Waals surface area contributed by atoms with Crippen LogP contribution in [-0.2, 0) is 0 Å². The highest BCUT2D eigenvalue weighted by atomic mass is 32.2. The van der Waals surface area contributed by atoms with Crippen molar-refractivity contribution in [2.75, 3.05) is 20.0 Å². The molecule has 2 rings (SSSR count).